The SMILES string of the molecule is ClCCC=Cc1ccc(Br)c(Cl)c1. The van der Waals surface area contributed by atoms with Crippen molar-refractivity contribution < 1.29 is 0 Å². The fourth-order valence-electron chi connectivity index (χ4n) is 0.898. The van der Waals surface area contributed by atoms with E-state index in [2.05, 4.69) is 15.9 Å². The summed E-state index contributed by atoms with van der Waals surface area (Å²) in [6.07, 6.45) is 4.93. The third-order valence-corrected chi connectivity index (χ3v) is 2.98. The number of hydrogen-bond acceptors (Lipinski definition) is 0. The van der Waals surface area contributed by atoms with Crippen molar-refractivity contribution in [2.45, 2.75) is 6.42 Å². The van der Waals surface area contributed by atoms with E-state index in [-0.39, 0.29) is 0 Å². The van der Waals surface area contributed by atoms with Gasteiger partial charge in [-0.25, -0.2) is 0 Å². The standard InChI is InChI=1S/C10H9BrCl2/c11-9-5-4-8(7-10(9)13)3-1-2-6-12/h1,3-5,7H,2,6H2. The Balaban J connectivity index is 2.73. The Kier molecular flexibility index (Phi) is 4.86. The lowest BCUT2D eigenvalue weighted by molar-refractivity contribution is 1.24. The molecule has 0 saturated heterocycles. The van der Waals surface area contributed by atoms with Crippen LogP contribution in [0.25, 0.3) is 6.08 Å². The average molecular weight is 280 g/mol. The fraction of sp³-hybridized carbons (Fsp3) is 0.200. The molecule has 0 radical (unpaired) electrons. The number of rotatable bonds is 3. The molecule has 0 unspecified atom stereocenters. The molecule has 0 spiro atoms. The Labute approximate surface area is 96.7 Å². The monoisotopic (exact) mass is 278 g/mol. The van der Waals surface area contributed by atoms with E-state index in [1.807, 2.05) is 30.4 Å². The van der Waals surface area contributed by atoms with Crippen molar-refractivity contribution >= 4 is 45.2 Å². The molecule has 1 aromatic carbocycles. The minimum absolute atomic E-state index is 0.654. The summed E-state index contributed by atoms with van der Waals surface area (Å²) < 4.78 is 0.920. The van der Waals surface area contributed by atoms with Gasteiger partial charge in [0, 0.05) is 10.4 Å². The van der Waals surface area contributed by atoms with Gasteiger partial charge in [-0.1, -0.05) is 29.8 Å². The van der Waals surface area contributed by atoms with Crippen LogP contribution in [-0.2, 0) is 0 Å². The number of alkyl halides is 1. The highest BCUT2D eigenvalue weighted by molar-refractivity contribution is 9.10. The summed E-state index contributed by atoms with van der Waals surface area (Å²) in [5.74, 6) is 0.654. The molecule has 70 valence electrons. The van der Waals surface area contributed by atoms with Crippen molar-refractivity contribution in [2.75, 3.05) is 5.88 Å². The van der Waals surface area contributed by atoms with Gasteiger partial charge in [0.2, 0.25) is 0 Å². The third-order valence-electron chi connectivity index (χ3n) is 1.53. The Morgan fingerprint density at radius 2 is 2.15 bits per heavy atom. The molecule has 0 bridgehead atoms. The molecule has 0 heterocycles. The van der Waals surface area contributed by atoms with E-state index >= 15 is 0 Å². The number of halogens is 3. The van der Waals surface area contributed by atoms with E-state index in [0.717, 1.165) is 21.5 Å². The maximum Gasteiger partial charge on any atom is 0.0554 e. The summed E-state index contributed by atoms with van der Waals surface area (Å²) >= 11 is 14.8. The summed E-state index contributed by atoms with van der Waals surface area (Å²) in [7, 11) is 0. The lowest BCUT2D eigenvalue weighted by atomic mass is 10.2. The van der Waals surface area contributed by atoms with Gasteiger partial charge in [-0.15, -0.1) is 11.6 Å². The minimum atomic E-state index is 0.654. The van der Waals surface area contributed by atoms with Crippen LogP contribution >= 0.6 is 39.1 Å². The number of allylic oxidation sites excluding steroid dienone is 1. The second-order valence-electron chi connectivity index (χ2n) is 2.55. The third kappa shape index (κ3) is 3.72. The van der Waals surface area contributed by atoms with E-state index in [1.165, 1.54) is 0 Å². The van der Waals surface area contributed by atoms with Crippen molar-refractivity contribution in [1.82, 2.24) is 0 Å². The van der Waals surface area contributed by atoms with Gasteiger partial charge in [-0.3, -0.25) is 0 Å². The van der Waals surface area contributed by atoms with Crippen LogP contribution in [0.3, 0.4) is 0 Å². The molecular weight excluding hydrogens is 271 g/mol. The quantitative estimate of drug-likeness (QED) is 0.701. The summed E-state index contributed by atoms with van der Waals surface area (Å²) in [6.45, 7) is 0. The van der Waals surface area contributed by atoms with Gasteiger partial charge in [-0.05, 0) is 40.0 Å². The van der Waals surface area contributed by atoms with Crippen LogP contribution < -0.4 is 0 Å². The molecule has 1 rings (SSSR count). The fourth-order valence-corrected chi connectivity index (χ4v) is 1.46. The van der Waals surface area contributed by atoms with Crippen molar-refractivity contribution in [3.05, 3.63) is 39.3 Å². The highest BCUT2D eigenvalue weighted by Crippen LogP contribution is 2.23. The van der Waals surface area contributed by atoms with E-state index in [4.69, 9.17) is 23.2 Å². The van der Waals surface area contributed by atoms with E-state index in [0.29, 0.717) is 5.88 Å². The van der Waals surface area contributed by atoms with Gasteiger partial charge < -0.3 is 0 Å². The first-order chi connectivity index (χ1) is 6.24. The Bertz CT molecular complexity index is 308. The largest absolute Gasteiger partial charge is 0.126 e. The Morgan fingerprint density at radius 3 is 2.77 bits per heavy atom. The minimum Gasteiger partial charge on any atom is -0.126 e. The van der Waals surface area contributed by atoms with Crippen molar-refractivity contribution in [3.63, 3.8) is 0 Å². The lowest BCUT2D eigenvalue weighted by Gasteiger charge is -1.97. The van der Waals surface area contributed by atoms with E-state index < -0.39 is 0 Å². The second-order valence-corrected chi connectivity index (χ2v) is 4.19. The first-order valence-corrected chi connectivity index (χ1v) is 5.62. The molecule has 0 fully saturated rings. The summed E-state index contributed by atoms with van der Waals surface area (Å²) in [5.41, 5.74) is 1.10. The number of benzene rings is 1. The molecule has 0 aliphatic rings. The molecule has 0 aromatic heterocycles. The average Bonchev–Trinajstić information content (AvgIpc) is 2.12. The van der Waals surface area contributed by atoms with Crippen LogP contribution in [0.2, 0.25) is 5.02 Å². The van der Waals surface area contributed by atoms with Crippen LogP contribution in [0, 0.1) is 0 Å². The van der Waals surface area contributed by atoms with Gasteiger partial charge in [0.05, 0.1) is 5.02 Å². The predicted molar refractivity (Wildman–Crippen MR) is 63.5 cm³/mol. The molecule has 13 heavy (non-hydrogen) atoms. The number of hydrogen-bond donors (Lipinski definition) is 0. The van der Waals surface area contributed by atoms with Crippen LogP contribution in [0.4, 0.5) is 0 Å². The normalized spacial score (nSPS) is 11.0. The first-order valence-electron chi connectivity index (χ1n) is 3.91. The van der Waals surface area contributed by atoms with Gasteiger partial charge in [0.1, 0.15) is 0 Å². The smallest absolute Gasteiger partial charge is 0.0554 e. The lowest BCUT2D eigenvalue weighted by Crippen LogP contribution is -1.74. The zero-order valence-corrected chi connectivity index (χ0v) is 10.0. The molecule has 3 heteroatoms. The topological polar surface area (TPSA) is 0 Å². The Hall–Kier alpha value is 0.0200. The molecule has 0 N–H and O–H groups in total. The van der Waals surface area contributed by atoms with Gasteiger partial charge in [-0.2, -0.15) is 0 Å². The maximum atomic E-state index is 5.92. The molecule has 1 aromatic rings. The van der Waals surface area contributed by atoms with Gasteiger partial charge in [0.15, 0.2) is 0 Å². The highest BCUT2D eigenvalue weighted by Gasteiger charge is 1.95. The predicted octanol–water partition coefficient (Wildman–Crippen LogP) is 4.74. The molecule has 0 aliphatic carbocycles. The van der Waals surface area contributed by atoms with Crippen LogP contribution in [0.15, 0.2) is 28.7 Å². The molecule has 0 nitrogen and oxygen atoms in total. The molecular formula is C10H9BrCl2. The zero-order chi connectivity index (χ0) is 9.68. The maximum absolute atomic E-state index is 5.92. The molecule has 0 atom stereocenters. The zero-order valence-electron chi connectivity index (χ0n) is 6.93. The van der Waals surface area contributed by atoms with E-state index in [1.54, 1.807) is 0 Å². The second kappa shape index (κ2) is 5.69. The molecule has 0 aliphatic heterocycles. The summed E-state index contributed by atoms with van der Waals surface area (Å²) in [5, 5.41) is 0.730. The molecule has 0 amide bonds. The summed E-state index contributed by atoms with van der Waals surface area (Å²) in [4.78, 5) is 0. The van der Waals surface area contributed by atoms with E-state index in [9.17, 15) is 0 Å². The van der Waals surface area contributed by atoms with Crippen molar-refractivity contribution in [3.8, 4) is 0 Å². The summed E-state index contributed by atoms with van der Waals surface area (Å²) in [6, 6.07) is 5.85. The van der Waals surface area contributed by atoms with Crippen LogP contribution in [0.1, 0.15) is 12.0 Å². The van der Waals surface area contributed by atoms with Gasteiger partial charge in [0.25, 0.3) is 0 Å². The first kappa shape index (κ1) is 11.1. The van der Waals surface area contributed by atoms with Gasteiger partial charge >= 0.3 is 0 Å². The highest BCUT2D eigenvalue weighted by atomic mass is 79.9. The Morgan fingerprint density at radius 1 is 1.38 bits per heavy atom. The van der Waals surface area contributed by atoms with Crippen LogP contribution in [-0.4, -0.2) is 5.88 Å². The van der Waals surface area contributed by atoms with Crippen LogP contribution in [0.5, 0.6) is 0 Å². The van der Waals surface area contributed by atoms with Crippen molar-refractivity contribution in [1.29, 1.82) is 0 Å². The van der Waals surface area contributed by atoms with Crippen molar-refractivity contribution in [2.24, 2.45) is 0 Å². The molecule has 0 saturated carbocycles.